The van der Waals surface area contributed by atoms with Crippen LogP contribution in [-0.2, 0) is 0 Å². The molecule has 212 valence electrons. The molecule has 3 nitrogen and oxygen atoms in total. The highest BCUT2D eigenvalue weighted by Crippen LogP contribution is 2.54. The van der Waals surface area contributed by atoms with Crippen molar-refractivity contribution in [2.75, 3.05) is 0 Å². The number of carbonyl (C=O) groups excluding carboxylic acids is 1. The molecule has 5 aromatic rings. The van der Waals surface area contributed by atoms with Crippen LogP contribution in [0.5, 0.6) is 0 Å². The summed E-state index contributed by atoms with van der Waals surface area (Å²) in [5.74, 6) is 1.17. The third-order valence-corrected chi connectivity index (χ3v) is 11.8. The number of benzene rings is 5. The van der Waals surface area contributed by atoms with Crippen molar-refractivity contribution in [3.05, 3.63) is 168 Å². The van der Waals surface area contributed by atoms with Gasteiger partial charge in [0, 0.05) is 11.5 Å². The van der Waals surface area contributed by atoms with Crippen LogP contribution in [-0.4, -0.2) is 22.3 Å². The minimum atomic E-state index is -0.656. The molecule has 1 fully saturated rings. The molecule has 1 aliphatic heterocycles. The van der Waals surface area contributed by atoms with Crippen LogP contribution in [0.4, 0.5) is 0 Å². The van der Waals surface area contributed by atoms with Gasteiger partial charge in [0.15, 0.2) is 0 Å². The lowest BCUT2D eigenvalue weighted by Gasteiger charge is -2.35. The van der Waals surface area contributed by atoms with Crippen LogP contribution in [0.3, 0.4) is 0 Å². The standard InChI is InChI=1S/C39H35N2OP/c42-39(31-21-10-3-11-22-31)41-37(30-19-8-2-9-20-30)36(29-17-6-1-7-18-29)40-38(41)34-27-16-28-35(34)43(32-23-12-4-13-24-32)33-25-14-5-15-26-33/h1-15,17-26,34-37H,16,27-28H2/t34?,35?,36-,37-/m0/s1. The van der Waals surface area contributed by atoms with E-state index in [4.69, 9.17) is 4.99 Å². The van der Waals surface area contributed by atoms with Crippen molar-refractivity contribution >= 4 is 30.3 Å². The summed E-state index contributed by atoms with van der Waals surface area (Å²) in [6.07, 6.45) is 3.29. The first-order valence-corrected chi connectivity index (χ1v) is 16.7. The van der Waals surface area contributed by atoms with Gasteiger partial charge in [-0.15, -0.1) is 0 Å². The van der Waals surface area contributed by atoms with Gasteiger partial charge in [0.25, 0.3) is 5.91 Å². The quantitative estimate of drug-likeness (QED) is 0.179. The number of hydrogen-bond donors (Lipinski definition) is 0. The molecule has 0 N–H and O–H groups in total. The number of rotatable bonds is 7. The Morgan fingerprint density at radius 3 is 1.65 bits per heavy atom. The minimum Gasteiger partial charge on any atom is -0.286 e. The highest BCUT2D eigenvalue weighted by molar-refractivity contribution is 7.73. The van der Waals surface area contributed by atoms with Crippen molar-refractivity contribution < 1.29 is 4.79 Å². The van der Waals surface area contributed by atoms with E-state index in [1.807, 2.05) is 42.5 Å². The first kappa shape index (κ1) is 27.5. The second kappa shape index (κ2) is 12.5. The van der Waals surface area contributed by atoms with Crippen molar-refractivity contribution in [2.45, 2.75) is 37.0 Å². The SMILES string of the molecule is O=C(c1ccccc1)N1C(C2CCCC2P(c2ccccc2)c2ccccc2)=N[C@@H](c2ccccc2)[C@@H]1c1ccccc1. The summed E-state index contributed by atoms with van der Waals surface area (Å²) < 4.78 is 0. The lowest BCUT2D eigenvalue weighted by atomic mass is 9.93. The predicted octanol–water partition coefficient (Wildman–Crippen LogP) is 8.33. The normalized spacial score (nSPS) is 21.6. The van der Waals surface area contributed by atoms with Gasteiger partial charge in [-0.3, -0.25) is 14.7 Å². The Kier molecular flexibility index (Phi) is 7.99. The lowest BCUT2D eigenvalue weighted by Crippen LogP contribution is -2.43. The van der Waals surface area contributed by atoms with Gasteiger partial charge in [-0.05, 0) is 60.3 Å². The van der Waals surface area contributed by atoms with Crippen molar-refractivity contribution in [1.29, 1.82) is 0 Å². The Hall–Kier alpha value is -4.33. The third kappa shape index (κ3) is 5.46. The van der Waals surface area contributed by atoms with Gasteiger partial charge < -0.3 is 0 Å². The molecule has 0 aromatic heterocycles. The van der Waals surface area contributed by atoms with Crippen LogP contribution in [0.25, 0.3) is 0 Å². The van der Waals surface area contributed by atoms with Gasteiger partial charge in [0.1, 0.15) is 11.9 Å². The first-order valence-electron chi connectivity index (χ1n) is 15.2. The number of hydrogen-bond acceptors (Lipinski definition) is 2. The van der Waals surface area contributed by atoms with Crippen LogP contribution in [0.2, 0.25) is 0 Å². The minimum absolute atomic E-state index is 0.0287. The summed E-state index contributed by atoms with van der Waals surface area (Å²) in [5, 5.41) is 2.78. The van der Waals surface area contributed by atoms with Gasteiger partial charge >= 0.3 is 0 Å². The smallest absolute Gasteiger partial charge is 0.259 e. The highest BCUT2D eigenvalue weighted by Gasteiger charge is 2.48. The molecule has 4 heteroatoms. The molecule has 0 bridgehead atoms. The van der Waals surface area contributed by atoms with E-state index >= 15 is 0 Å². The van der Waals surface area contributed by atoms with Gasteiger partial charge in [-0.2, -0.15) is 0 Å². The average molecular weight is 579 g/mol. The predicted molar refractivity (Wildman–Crippen MR) is 179 cm³/mol. The summed E-state index contributed by atoms with van der Waals surface area (Å²) in [6, 6.07) is 52.4. The zero-order chi connectivity index (χ0) is 29.0. The topological polar surface area (TPSA) is 32.7 Å². The number of amidine groups is 1. The number of aliphatic imine (C=N–C) groups is 1. The first-order chi connectivity index (χ1) is 21.3. The molecule has 0 saturated heterocycles. The van der Waals surface area contributed by atoms with Gasteiger partial charge in [0.2, 0.25) is 0 Å². The van der Waals surface area contributed by atoms with Crippen LogP contribution in [0, 0.1) is 5.92 Å². The van der Waals surface area contributed by atoms with E-state index in [0.717, 1.165) is 36.2 Å². The molecule has 0 spiro atoms. The van der Waals surface area contributed by atoms with Crippen LogP contribution >= 0.6 is 7.92 Å². The molecule has 1 amide bonds. The Morgan fingerprint density at radius 2 is 1.09 bits per heavy atom. The molecule has 4 atom stereocenters. The fraction of sp³-hybridized carbons (Fsp3) is 0.179. The maximum atomic E-state index is 14.6. The van der Waals surface area contributed by atoms with Gasteiger partial charge in [0.05, 0.1) is 6.04 Å². The fourth-order valence-electron chi connectivity index (χ4n) is 6.93. The maximum absolute atomic E-state index is 14.6. The lowest BCUT2D eigenvalue weighted by molar-refractivity contribution is 0.0798. The second-order valence-corrected chi connectivity index (χ2v) is 13.8. The highest BCUT2D eigenvalue weighted by atomic mass is 31.1. The van der Waals surface area contributed by atoms with Gasteiger partial charge in [-0.1, -0.05) is 146 Å². The van der Waals surface area contributed by atoms with Crippen LogP contribution in [0.1, 0.15) is 52.8 Å². The number of amides is 1. The summed E-state index contributed by atoms with van der Waals surface area (Å²) in [5.41, 5.74) is 3.34. The Morgan fingerprint density at radius 1 is 0.605 bits per heavy atom. The summed E-state index contributed by atoms with van der Waals surface area (Å²) in [4.78, 5) is 22.3. The van der Waals surface area contributed by atoms with Crippen molar-refractivity contribution in [3.63, 3.8) is 0 Å². The largest absolute Gasteiger partial charge is 0.286 e. The molecule has 0 radical (unpaired) electrons. The molecule has 1 saturated carbocycles. The molecule has 7 rings (SSSR count). The molecular weight excluding hydrogens is 543 g/mol. The molecule has 1 aliphatic carbocycles. The average Bonchev–Trinajstić information content (AvgIpc) is 3.72. The van der Waals surface area contributed by atoms with Crippen molar-refractivity contribution in [1.82, 2.24) is 4.90 Å². The van der Waals surface area contributed by atoms with Crippen molar-refractivity contribution in [2.24, 2.45) is 10.9 Å². The van der Waals surface area contributed by atoms with Crippen molar-refractivity contribution in [3.8, 4) is 0 Å². The summed E-state index contributed by atoms with van der Waals surface area (Å²) in [7, 11) is -0.656. The monoisotopic (exact) mass is 578 g/mol. The Balaban J connectivity index is 1.38. The van der Waals surface area contributed by atoms with E-state index in [1.54, 1.807) is 0 Å². The zero-order valence-corrected chi connectivity index (χ0v) is 25.0. The summed E-state index contributed by atoms with van der Waals surface area (Å²) >= 11 is 0. The van der Waals surface area contributed by atoms with Gasteiger partial charge in [-0.25, -0.2) is 0 Å². The second-order valence-electron chi connectivity index (χ2n) is 11.4. The fourth-order valence-corrected chi connectivity index (χ4v) is 10.1. The van der Waals surface area contributed by atoms with E-state index in [1.165, 1.54) is 10.6 Å². The molecule has 1 heterocycles. The Labute approximate surface area is 255 Å². The van der Waals surface area contributed by atoms with E-state index < -0.39 is 7.92 Å². The third-order valence-electron chi connectivity index (χ3n) is 8.83. The molecule has 5 aromatic carbocycles. The maximum Gasteiger partial charge on any atom is 0.259 e. The number of carbonyl (C=O) groups is 1. The molecule has 2 unspecified atom stereocenters. The van der Waals surface area contributed by atoms with E-state index in [0.29, 0.717) is 11.2 Å². The zero-order valence-electron chi connectivity index (χ0n) is 24.1. The molecule has 2 aliphatic rings. The number of nitrogens with zero attached hydrogens (tertiary/aromatic N) is 2. The molecule has 43 heavy (non-hydrogen) atoms. The van der Waals surface area contributed by atoms with E-state index in [9.17, 15) is 4.79 Å². The van der Waals surface area contributed by atoms with Crippen LogP contribution in [0.15, 0.2) is 157 Å². The molecular formula is C39H35N2OP. The van der Waals surface area contributed by atoms with Crippen LogP contribution < -0.4 is 10.6 Å². The Bertz CT molecular complexity index is 1640. The summed E-state index contributed by atoms with van der Waals surface area (Å²) in [6.45, 7) is 0. The van der Waals surface area contributed by atoms with E-state index in [-0.39, 0.29) is 23.9 Å². The van der Waals surface area contributed by atoms with E-state index in [2.05, 4.69) is 114 Å².